The number of halogens is 1. The number of amides is 1. The maximum atomic E-state index is 12.3. The van der Waals surface area contributed by atoms with E-state index in [1.807, 2.05) is 0 Å². The molecule has 0 aromatic heterocycles. The van der Waals surface area contributed by atoms with Gasteiger partial charge in [0.05, 0.1) is 0 Å². The molecule has 0 atom stereocenters. The van der Waals surface area contributed by atoms with Gasteiger partial charge in [0, 0.05) is 24.4 Å². The Morgan fingerprint density at radius 3 is 2.28 bits per heavy atom. The molecule has 3 fully saturated rings. The highest BCUT2D eigenvalue weighted by atomic mass is 35.5. The Hall–Kier alpha value is -0.280. The van der Waals surface area contributed by atoms with Gasteiger partial charge in [-0.2, -0.15) is 0 Å². The van der Waals surface area contributed by atoms with Gasteiger partial charge >= 0.3 is 0 Å². The molecule has 1 amide bonds. The predicted octanol–water partition coefficient (Wildman–Crippen LogP) is 2.20. The van der Waals surface area contributed by atoms with E-state index in [2.05, 4.69) is 10.2 Å². The third kappa shape index (κ3) is 2.67. The van der Waals surface area contributed by atoms with Crippen molar-refractivity contribution < 1.29 is 4.79 Å². The number of carbonyl (C=O) groups is 1. The zero-order chi connectivity index (χ0) is 11.7. The summed E-state index contributed by atoms with van der Waals surface area (Å²) in [7, 11) is 0. The Bertz CT molecular complexity index is 288. The van der Waals surface area contributed by atoms with Crippen LogP contribution < -0.4 is 5.32 Å². The van der Waals surface area contributed by atoms with Crippen LogP contribution in [0.15, 0.2) is 0 Å². The summed E-state index contributed by atoms with van der Waals surface area (Å²) in [5.74, 6) is 0.830. The Labute approximate surface area is 116 Å². The van der Waals surface area contributed by atoms with Crippen molar-refractivity contribution in [2.45, 2.75) is 44.9 Å². The molecule has 2 saturated heterocycles. The highest BCUT2D eigenvalue weighted by molar-refractivity contribution is 5.85. The van der Waals surface area contributed by atoms with Gasteiger partial charge in [0.15, 0.2) is 0 Å². The minimum atomic E-state index is 0. The Balaban J connectivity index is 0.00000120. The fraction of sp³-hybridized carbons (Fsp3) is 0.929. The lowest BCUT2D eigenvalue weighted by molar-refractivity contribution is -0.150. The van der Waals surface area contributed by atoms with Gasteiger partial charge in [0.2, 0.25) is 5.91 Å². The smallest absolute Gasteiger partial charge is 0.225 e. The topological polar surface area (TPSA) is 32.3 Å². The minimum Gasteiger partial charge on any atom is -0.341 e. The first kappa shape index (κ1) is 14.1. The highest BCUT2D eigenvalue weighted by Crippen LogP contribution is 2.40. The monoisotopic (exact) mass is 272 g/mol. The summed E-state index contributed by atoms with van der Waals surface area (Å²) in [4.78, 5) is 14.5. The summed E-state index contributed by atoms with van der Waals surface area (Å²) in [5, 5.41) is 3.41. The molecule has 1 saturated carbocycles. The van der Waals surface area contributed by atoms with Gasteiger partial charge in [-0.25, -0.2) is 0 Å². The fourth-order valence-corrected chi connectivity index (χ4v) is 3.80. The molecule has 1 spiro atoms. The van der Waals surface area contributed by atoms with E-state index in [1.54, 1.807) is 0 Å². The van der Waals surface area contributed by atoms with Crippen LogP contribution in [0.4, 0.5) is 0 Å². The molecule has 3 nitrogen and oxygen atoms in total. The summed E-state index contributed by atoms with van der Waals surface area (Å²) in [6.45, 7) is 4.38. The van der Waals surface area contributed by atoms with Crippen LogP contribution in [-0.2, 0) is 4.79 Å². The molecule has 1 aliphatic carbocycles. The Morgan fingerprint density at radius 1 is 1.06 bits per heavy atom. The number of hydrogen-bond donors (Lipinski definition) is 1. The Morgan fingerprint density at radius 2 is 1.67 bits per heavy atom. The van der Waals surface area contributed by atoms with Crippen LogP contribution in [0.3, 0.4) is 0 Å². The van der Waals surface area contributed by atoms with Crippen molar-refractivity contribution in [3.63, 3.8) is 0 Å². The Kier molecular flexibility index (Phi) is 4.54. The van der Waals surface area contributed by atoms with Crippen LogP contribution >= 0.6 is 12.4 Å². The second-order valence-electron chi connectivity index (χ2n) is 6.28. The lowest BCUT2D eigenvalue weighted by Gasteiger charge is -2.53. The van der Waals surface area contributed by atoms with Gasteiger partial charge in [-0.05, 0) is 38.8 Å². The predicted molar refractivity (Wildman–Crippen MR) is 74.9 cm³/mol. The van der Waals surface area contributed by atoms with Crippen LogP contribution in [0.2, 0.25) is 0 Å². The molecule has 18 heavy (non-hydrogen) atoms. The van der Waals surface area contributed by atoms with Crippen LogP contribution in [0.1, 0.15) is 44.9 Å². The van der Waals surface area contributed by atoms with Crippen molar-refractivity contribution in [3.8, 4) is 0 Å². The molecule has 0 aromatic carbocycles. The molecule has 1 N–H and O–H groups in total. The first-order valence-electron chi connectivity index (χ1n) is 7.29. The quantitative estimate of drug-likeness (QED) is 0.794. The maximum absolute atomic E-state index is 12.3. The number of hydrogen-bond acceptors (Lipinski definition) is 2. The third-order valence-electron chi connectivity index (χ3n) is 4.98. The normalized spacial score (nSPS) is 27.4. The summed E-state index contributed by atoms with van der Waals surface area (Å²) >= 11 is 0. The minimum absolute atomic E-state index is 0. The van der Waals surface area contributed by atoms with Crippen molar-refractivity contribution >= 4 is 18.3 Å². The van der Waals surface area contributed by atoms with Crippen molar-refractivity contribution in [2.75, 3.05) is 26.2 Å². The molecule has 4 heteroatoms. The molecule has 3 rings (SSSR count). The van der Waals surface area contributed by atoms with Gasteiger partial charge < -0.3 is 10.2 Å². The number of likely N-dealkylation sites (tertiary alicyclic amines) is 1. The largest absolute Gasteiger partial charge is 0.341 e. The van der Waals surface area contributed by atoms with Crippen molar-refractivity contribution in [1.82, 2.24) is 10.2 Å². The number of nitrogens with one attached hydrogen (secondary N) is 1. The molecular weight excluding hydrogens is 248 g/mol. The van der Waals surface area contributed by atoms with E-state index >= 15 is 0 Å². The number of rotatable bonds is 1. The lowest BCUT2D eigenvalue weighted by Crippen LogP contribution is -2.62. The zero-order valence-electron chi connectivity index (χ0n) is 11.1. The highest BCUT2D eigenvalue weighted by Gasteiger charge is 2.46. The van der Waals surface area contributed by atoms with Crippen LogP contribution in [0, 0.1) is 11.3 Å². The van der Waals surface area contributed by atoms with Crippen LogP contribution in [0.5, 0.6) is 0 Å². The second kappa shape index (κ2) is 5.79. The number of carbonyl (C=O) groups excluding carboxylic acids is 1. The first-order chi connectivity index (χ1) is 8.29. The molecule has 2 aliphatic heterocycles. The van der Waals surface area contributed by atoms with E-state index in [0.717, 1.165) is 39.0 Å². The lowest BCUT2D eigenvalue weighted by atomic mass is 9.71. The van der Waals surface area contributed by atoms with Crippen molar-refractivity contribution in [1.29, 1.82) is 0 Å². The molecule has 0 unspecified atom stereocenters. The SMILES string of the molecule is Cl.O=C(C1CCCCC1)N1CC2(CCNCC2)C1. The summed E-state index contributed by atoms with van der Waals surface area (Å²) in [5.41, 5.74) is 0.496. The molecule has 0 bridgehead atoms. The van der Waals surface area contributed by atoms with Crippen LogP contribution in [-0.4, -0.2) is 37.0 Å². The van der Waals surface area contributed by atoms with Crippen LogP contribution in [0.25, 0.3) is 0 Å². The third-order valence-corrected chi connectivity index (χ3v) is 4.98. The van der Waals surface area contributed by atoms with Gasteiger partial charge in [-0.1, -0.05) is 19.3 Å². The second-order valence-corrected chi connectivity index (χ2v) is 6.28. The van der Waals surface area contributed by atoms with E-state index < -0.39 is 0 Å². The summed E-state index contributed by atoms with van der Waals surface area (Å²) < 4.78 is 0. The van der Waals surface area contributed by atoms with E-state index in [1.165, 1.54) is 32.1 Å². The van der Waals surface area contributed by atoms with E-state index in [-0.39, 0.29) is 12.4 Å². The molecular formula is C14H25ClN2O. The molecule has 0 radical (unpaired) electrons. The first-order valence-corrected chi connectivity index (χ1v) is 7.29. The summed E-state index contributed by atoms with van der Waals surface area (Å²) in [6.07, 6.45) is 8.68. The van der Waals surface area contributed by atoms with Gasteiger partial charge in [-0.3, -0.25) is 4.79 Å². The standard InChI is InChI=1S/C14H24N2O.ClH/c17-13(12-4-2-1-3-5-12)16-10-14(11-16)6-8-15-9-7-14;/h12,15H,1-11H2;1H. The average molecular weight is 273 g/mol. The van der Waals surface area contributed by atoms with Gasteiger partial charge in [-0.15, -0.1) is 12.4 Å². The van der Waals surface area contributed by atoms with E-state index in [4.69, 9.17) is 0 Å². The summed E-state index contributed by atoms with van der Waals surface area (Å²) in [6, 6.07) is 0. The molecule has 104 valence electrons. The maximum Gasteiger partial charge on any atom is 0.225 e. The fourth-order valence-electron chi connectivity index (χ4n) is 3.80. The number of piperidine rings is 1. The molecule has 3 aliphatic rings. The average Bonchev–Trinajstić information content (AvgIpc) is 2.37. The number of nitrogens with zero attached hydrogens (tertiary/aromatic N) is 1. The zero-order valence-corrected chi connectivity index (χ0v) is 11.9. The molecule has 0 aromatic rings. The molecule has 2 heterocycles. The van der Waals surface area contributed by atoms with E-state index in [0.29, 0.717) is 17.2 Å². The van der Waals surface area contributed by atoms with Crippen molar-refractivity contribution in [2.24, 2.45) is 11.3 Å². The van der Waals surface area contributed by atoms with Gasteiger partial charge in [0.25, 0.3) is 0 Å². The van der Waals surface area contributed by atoms with Crippen molar-refractivity contribution in [3.05, 3.63) is 0 Å². The van der Waals surface area contributed by atoms with E-state index in [9.17, 15) is 4.79 Å². The van der Waals surface area contributed by atoms with Gasteiger partial charge in [0.1, 0.15) is 0 Å².